The van der Waals surface area contributed by atoms with E-state index in [2.05, 4.69) is 0 Å². The van der Waals surface area contributed by atoms with Crippen molar-refractivity contribution in [1.29, 1.82) is 0 Å². The van der Waals surface area contributed by atoms with Gasteiger partial charge in [0.05, 0.1) is 22.3 Å². The zero-order valence-electron chi connectivity index (χ0n) is 13.4. The summed E-state index contributed by atoms with van der Waals surface area (Å²) in [7, 11) is -3.40. The summed E-state index contributed by atoms with van der Waals surface area (Å²) in [5.41, 5.74) is 2.05. The van der Waals surface area contributed by atoms with E-state index in [0.717, 1.165) is 5.56 Å². The molecule has 0 spiro atoms. The summed E-state index contributed by atoms with van der Waals surface area (Å²) in [5, 5.41) is 0. The lowest BCUT2D eigenvalue weighted by Crippen LogP contribution is -2.11. The number of aryl methyl sites for hydroxylation is 1. The Kier molecular flexibility index (Phi) is 5.21. The maximum absolute atomic E-state index is 12.4. The van der Waals surface area contributed by atoms with Crippen molar-refractivity contribution in [2.75, 3.05) is 0 Å². The van der Waals surface area contributed by atoms with E-state index in [-0.39, 0.29) is 11.9 Å². The first-order valence-electron chi connectivity index (χ1n) is 7.37. The fourth-order valence-electron chi connectivity index (χ4n) is 2.07. The third-order valence-electron chi connectivity index (χ3n) is 3.27. The maximum Gasteiger partial charge on any atom is 0.338 e. The Morgan fingerprint density at radius 3 is 2.09 bits per heavy atom. The Morgan fingerprint density at radius 1 is 1.00 bits per heavy atom. The van der Waals surface area contributed by atoms with E-state index in [1.54, 1.807) is 62.4 Å². The van der Waals surface area contributed by atoms with Gasteiger partial charge in [0, 0.05) is 0 Å². The molecule has 0 saturated carbocycles. The third-order valence-corrected chi connectivity index (χ3v) is 4.97. The van der Waals surface area contributed by atoms with Crippen molar-refractivity contribution in [3.8, 4) is 0 Å². The van der Waals surface area contributed by atoms with Crippen molar-refractivity contribution >= 4 is 15.8 Å². The molecule has 5 heteroatoms. The highest BCUT2D eigenvalue weighted by Crippen LogP contribution is 2.18. The van der Waals surface area contributed by atoms with E-state index in [1.807, 2.05) is 6.92 Å². The van der Waals surface area contributed by atoms with Gasteiger partial charge >= 0.3 is 5.97 Å². The number of carbonyl (C=O) groups is 1. The molecule has 2 rings (SSSR count). The third kappa shape index (κ3) is 4.66. The van der Waals surface area contributed by atoms with Gasteiger partial charge in [-0.05, 0) is 50.6 Å². The molecule has 23 heavy (non-hydrogen) atoms. The van der Waals surface area contributed by atoms with Crippen molar-refractivity contribution in [3.63, 3.8) is 0 Å². The van der Waals surface area contributed by atoms with Gasteiger partial charge in [0.2, 0.25) is 0 Å². The molecule has 0 aliphatic carbocycles. The highest BCUT2D eigenvalue weighted by atomic mass is 32.2. The summed E-state index contributed by atoms with van der Waals surface area (Å²) in [4.78, 5) is 12.1. The first-order chi connectivity index (χ1) is 10.8. The van der Waals surface area contributed by atoms with Crippen molar-refractivity contribution in [1.82, 2.24) is 0 Å². The largest absolute Gasteiger partial charge is 0.459 e. The number of hydrogen-bond acceptors (Lipinski definition) is 4. The van der Waals surface area contributed by atoms with Crippen molar-refractivity contribution in [2.24, 2.45) is 0 Å². The Bertz CT molecular complexity index is 773. The van der Waals surface area contributed by atoms with Crippen LogP contribution < -0.4 is 0 Å². The minimum atomic E-state index is -3.40. The summed E-state index contributed by atoms with van der Waals surface area (Å²) >= 11 is 0. The minimum Gasteiger partial charge on any atom is -0.459 e. The molecule has 0 aliphatic heterocycles. The van der Waals surface area contributed by atoms with Crippen LogP contribution in [0.1, 0.15) is 35.3 Å². The van der Waals surface area contributed by atoms with Crippen LogP contribution in [0.15, 0.2) is 53.4 Å². The number of benzene rings is 2. The lowest BCUT2D eigenvalue weighted by atomic mass is 10.1. The molecule has 0 heterocycles. The monoisotopic (exact) mass is 332 g/mol. The Hall–Kier alpha value is -2.14. The van der Waals surface area contributed by atoms with Crippen LogP contribution in [0, 0.1) is 6.92 Å². The standard InChI is InChI=1S/C18H20O4S/c1-13(2)22-18(19)16-8-6-15(7-9-16)12-23(20,21)17-10-4-14(3)5-11-17/h4-11,13H,12H2,1-3H3. The molecule has 4 nitrogen and oxygen atoms in total. The SMILES string of the molecule is Cc1ccc(S(=O)(=O)Cc2ccc(C(=O)OC(C)C)cc2)cc1. The van der Waals surface area contributed by atoms with E-state index in [9.17, 15) is 13.2 Å². The number of ether oxygens (including phenoxy) is 1. The van der Waals surface area contributed by atoms with E-state index in [1.165, 1.54) is 0 Å². The average molecular weight is 332 g/mol. The predicted molar refractivity (Wildman–Crippen MR) is 89.1 cm³/mol. The van der Waals surface area contributed by atoms with Crippen molar-refractivity contribution < 1.29 is 17.9 Å². The van der Waals surface area contributed by atoms with Gasteiger partial charge in [-0.3, -0.25) is 0 Å². The van der Waals surface area contributed by atoms with Crippen LogP contribution in [0.3, 0.4) is 0 Å². The van der Waals surface area contributed by atoms with E-state index in [0.29, 0.717) is 16.0 Å². The Balaban J connectivity index is 2.14. The molecule has 0 radical (unpaired) electrons. The lowest BCUT2D eigenvalue weighted by molar-refractivity contribution is 0.0378. The molecule has 0 N–H and O–H groups in total. The molecule has 0 amide bonds. The summed E-state index contributed by atoms with van der Waals surface area (Å²) in [6, 6.07) is 13.2. The second-order valence-corrected chi connectivity index (χ2v) is 7.71. The highest BCUT2D eigenvalue weighted by molar-refractivity contribution is 7.90. The van der Waals surface area contributed by atoms with Crippen molar-refractivity contribution in [2.45, 2.75) is 37.5 Å². The molecule has 0 saturated heterocycles. The van der Waals surface area contributed by atoms with E-state index < -0.39 is 15.8 Å². The van der Waals surface area contributed by atoms with Crippen LogP contribution in [0.25, 0.3) is 0 Å². The summed E-state index contributed by atoms with van der Waals surface area (Å²) in [5.74, 6) is -0.511. The van der Waals surface area contributed by atoms with Gasteiger partial charge in [-0.15, -0.1) is 0 Å². The first kappa shape index (κ1) is 17.2. The number of hydrogen-bond donors (Lipinski definition) is 0. The van der Waals surface area contributed by atoms with E-state index in [4.69, 9.17) is 4.74 Å². The molecule has 122 valence electrons. The zero-order chi connectivity index (χ0) is 17.0. The smallest absolute Gasteiger partial charge is 0.338 e. The fraction of sp³-hybridized carbons (Fsp3) is 0.278. The van der Waals surface area contributed by atoms with Gasteiger partial charge in [-0.1, -0.05) is 29.8 Å². The highest BCUT2D eigenvalue weighted by Gasteiger charge is 2.16. The van der Waals surface area contributed by atoms with Crippen LogP contribution in [-0.4, -0.2) is 20.5 Å². The molecule has 0 aliphatic rings. The van der Waals surface area contributed by atoms with E-state index >= 15 is 0 Å². The summed E-state index contributed by atoms with van der Waals surface area (Å²) < 4.78 is 29.9. The van der Waals surface area contributed by atoms with Gasteiger partial charge in [0.1, 0.15) is 0 Å². The quantitative estimate of drug-likeness (QED) is 0.786. The van der Waals surface area contributed by atoms with Crippen LogP contribution in [0.5, 0.6) is 0 Å². The molecule has 0 unspecified atom stereocenters. The van der Waals surface area contributed by atoms with Gasteiger partial charge in [0.25, 0.3) is 0 Å². The predicted octanol–water partition coefficient (Wildman–Crippen LogP) is 3.53. The summed E-state index contributed by atoms with van der Waals surface area (Å²) in [6.07, 6.45) is -0.191. The number of esters is 1. The van der Waals surface area contributed by atoms with Crippen LogP contribution in [-0.2, 0) is 20.3 Å². The molecule has 2 aromatic carbocycles. The van der Waals surface area contributed by atoms with Gasteiger partial charge in [-0.2, -0.15) is 0 Å². The fourth-order valence-corrected chi connectivity index (χ4v) is 3.42. The Labute approximate surface area is 137 Å². The second kappa shape index (κ2) is 6.96. The van der Waals surface area contributed by atoms with Crippen molar-refractivity contribution in [3.05, 3.63) is 65.2 Å². The molecule has 0 aromatic heterocycles. The number of sulfone groups is 1. The molecular formula is C18H20O4S. The molecule has 0 atom stereocenters. The minimum absolute atomic E-state index is 0.102. The van der Waals surface area contributed by atoms with Crippen LogP contribution in [0.2, 0.25) is 0 Å². The first-order valence-corrected chi connectivity index (χ1v) is 9.02. The summed E-state index contributed by atoms with van der Waals surface area (Å²) in [6.45, 7) is 5.46. The van der Waals surface area contributed by atoms with Gasteiger partial charge in [0.15, 0.2) is 9.84 Å². The normalized spacial score (nSPS) is 11.5. The number of rotatable bonds is 5. The zero-order valence-corrected chi connectivity index (χ0v) is 14.3. The van der Waals surface area contributed by atoms with Crippen LogP contribution in [0.4, 0.5) is 0 Å². The topological polar surface area (TPSA) is 60.4 Å². The van der Waals surface area contributed by atoms with Gasteiger partial charge in [-0.25, -0.2) is 13.2 Å². The maximum atomic E-state index is 12.4. The molecular weight excluding hydrogens is 312 g/mol. The lowest BCUT2D eigenvalue weighted by Gasteiger charge is -2.09. The second-order valence-electron chi connectivity index (χ2n) is 5.72. The molecule has 0 bridgehead atoms. The Morgan fingerprint density at radius 2 is 1.57 bits per heavy atom. The average Bonchev–Trinajstić information content (AvgIpc) is 2.47. The molecule has 0 fully saturated rings. The van der Waals surface area contributed by atoms with Gasteiger partial charge < -0.3 is 4.74 Å². The number of carbonyl (C=O) groups excluding carboxylic acids is 1. The molecule has 2 aromatic rings. The van der Waals surface area contributed by atoms with Crippen LogP contribution >= 0.6 is 0 Å².